The van der Waals surface area contributed by atoms with Crippen LogP contribution in [0.25, 0.3) is 0 Å². The highest BCUT2D eigenvalue weighted by Crippen LogP contribution is 2.34. The van der Waals surface area contributed by atoms with Crippen molar-refractivity contribution in [1.29, 1.82) is 0 Å². The third-order valence-corrected chi connectivity index (χ3v) is 3.66. The van der Waals surface area contributed by atoms with E-state index in [1.807, 2.05) is 24.3 Å². The van der Waals surface area contributed by atoms with Crippen LogP contribution in [0, 0.1) is 5.92 Å². The summed E-state index contributed by atoms with van der Waals surface area (Å²) in [7, 11) is 1.71. The quantitative estimate of drug-likeness (QED) is 0.866. The van der Waals surface area contributed by atoms with Gasteiger partial charge in [-0.1, -0.05) is 32.0 Å². The molecule has 4 heteroatoms. The fourth-order valence-corrected chi connectivity index (χ4v) is 2.71. The molecule has 0 saturated carbocycles. The largest absolute Gasteiger partial charge is 0.491 e. The second-order valence-electron chi connectivity index (χ2n) is 5.74. The van der Waals surface area contributed by atoms with E-state index in [0.29, 0.717) is 19.1 Å². The first kappa shape index (κ1) is 15.3. The molecule has 1 aliphatic rings. The van der Waals surface area contributed by atoms with Crippen molar-refractivity contribution in [2.45, 2.75) is 26.0 Å². The maximum atomic E-state index is 10.6. The zero-order valence-corrected chi connectivity index (χ0v) is 12.6. The number of hydrogen-bond donors (Lipinski definition) is 1. The molecule has 0 spiro atoms. The van der Waals surface area contributed by atoms with Crippen LogP contribution >= 0.6 is 0 Å². The summed E-state index contributed by atoms with van der Waals surface area (Å²) < 4.78 is 11.0. The smallest absolute Gasteiger partial charge is 0.125 e. The van der Waals surface area contributed by atoms with E-state index >= 15 is 0 Å². The molecule has 2 atom stereocenters. The number of benzene rings is 1. The van der Waals surface area contributed by atoms with Gasteiger partial charge in [-0.3, -0.25) is 4.90 Å². The molecule has 0 fully saturated rings. The number of para-hydroxylation sites is 1. The molecule has 1 aromatic rings. The van der Waals surface area contributed by atoms with Gasteiger partial charge in [0.15, 0.2) is 0 Å². The second kappa shape index (κ2) is 7.07. The summed E-state index contributed by atoms with van der Waals surface area (Å²) >= 11 is 0. The minimum Gasteiger partial charge on any atom is -0.491 e. The van der Waals surface area contributed by atoms with Crippen LogP contribution in [0.3, 0.4) is 0 Å². The van der Waals surface area contributed by atoms with Crippen LogP contribution < -0.4 is 4.74 Å². The number of fused-ring (bicyclic) bond motifs is 1. The predicted molar refractivity (Wildman–Crippen MR) is 79.0 cm³/mol. The molecule has 0 aromatic heterocycles. The minimum absolute atomic E-state index is 0.0116. The molecule has 0 amide bonds. The van der Waals surface area contributed by atoms with Crippen LogP contribution in [-0.4, -0.2) is 49.5 Å². The first-order valence-electron chi connectivity index (χ1n) is 7.26. The predicted octanol–water partition coefficient (Wildman–Crippen LogP) is 2.09. The van der Waals surface area contributed by atoms with E-state index < -0.39 is 6.10 Å². The van der Waals surface area contributed by atoms with E-state index in [4.69, 9.17) is 9.47 Å². The molecule has 4 nitrogen and oxygen atoms in total. The standard InChI is InChI=1S/C16H25NO3/c1-12(2)10-17(8-9-19-3)14-11-20-15-7-5-4-6-13(15)16(14)18/h4-7,12,14,16,18H,8-11H2,1-3H3. The zero-order valence-electron chi connectivity index (χ0n) is 12.6. The maximum absolute atomic E-state index is 10.6. The Morgan fingerprint density at radius 3 is 2.85 bits per heavy atom. The Kier molecular flexibility index (Phi) is 5.40. The zero-order chi connectivity index (χ0) is 14.5. The summed E-state index contributed by atoms with van der Waals surface area (Å²) in [4.78, 5) is 2.27. The number of aliphatic hydroxyl groups excluding tert-OH is 1. The lowest BCUT2D eigenvalue weighted by Gasteiger charge is -2.39. The van der Waals surface area contributed by atoms with Gasteiger partial charge in [-0.05, 0) is 12.0 Å². The maximum Gasteiger partial charge on any atom is 0.125 e. The van der Waals surface area contributed by atoms with Gasteiger partial charge < -0.3 is 14.6 Å². The van der Waals surface area contributed by atoms with E-state index in [9.17, 15) is 5.11 Å². The van der Waals surface area contributed by atoms with Gasteiger partial charge in [0, 0.05) is 25.8 Å². The summed E-state index contributed by atoms with van der Waals surface area (Å²) in [5.41, 5.74) is 0.884. The summed E-state index contributed by atoms with van der Waals surface area (Å²) in [5, 5.41) is 10.6. The van der Waals surface area contributed by atoms with Gasteiger partial charge in [0.2, 0.25) is 0 Å². The average molecular weight is 279 g/mol. The van der Waals surface area contributed by atoms with Gasteiger partial charge in [-0.15, -0.1) is 0 Å². The fourth-order valence-electron chi connectivity index (χ4n) is 2.71. The van der Waals surface area contributed by atoms with Gasteiger partial charge in [0.1, 0.15) is 18.5 Å². The molecule has 1 N–H and O–H groups in total. The lowest BCUT2D eigenvalue weighted by atomic mass is 9.97. The molecule has 1 heterocycles. The highest BCUT2D eigenvalue weighted by Gasteiger charge is 2.33. The Bertz CT molecular complexity index is 422. The molecule has 2 unspecified atom stereocenters. The van der Waals surface area contributed by atoms with Gasteiger partial charge >= 0.3 is 0 Å². The van der Waals surface area contributed by atoms with Crippen molar-refractivity contribution in [1.82, 2.24) is 4.90 Å². The molecule has 0 aliphatic carbocycles. The van der Waals surface area contributed by atoms with Crippen molar-refractivity contribution in [2.75, 3.05) is 33.4 Å². The Morgan fingerprint density at radius 1 is 1.40 bits per heavy atom. The number of aliphatic hydroxyl groups is 1. The van der Waals surface area contributed by atoms with E-state index in [2.05, 4.69) is 18.7 Å². The van der Waals surface area contributed by atoms with Crippen LogP contribution in [0.2, 0.25) is 0 Å². The lowest BCUT2D eigenvalue weighted by molar-refractivity contribution is -0.0105. The molecule has 112 valence electrons. The summed E-state index contributed by atoms with van der Waals surface area (Å²) in [6, 6.07) is 7.72. The molecular formula is C16H25NO3. The Labute approximate surface area is 121 Å². The first-order valence-corrected chi connectivity index (χ1v) is 7.26. The molecule has 0 radical (unpaired) electrons. The number of ether oxygens (including phenoxy) is 2. The molecule has 1 aromatic carbocycles. The van der Waals surface area contributed by atoms with Gasteiger partial charge in [0.25, 0.3) is 0 Å². The van der Waals surface area contributed by atoms with Crippen LogP contribution in [0.15, 0.2) is 24.3 Å². The molecule has 0 saturated heterocycles. The van der Waals surface area contributed by atoms with E-state index in [0.717, 1.165) is 24.4 Å². The van der Waals surface area contributed by atoms with Gasteiger partial charge in [0.05, 0.1) is 12.6 Å². The van der Waals surface area contributed by atoms with Gasteiger partial charge in [-0.2, -0.15) is 0 Å². The number of hydrogen-bond acceptors (Lipinski definition) is 4. The van der Waals surface area contributed by atoms with Crippen molar-refractivity contribution < 1.29 is 14.6 Å². The van der Waals surface area contributed by atoms with E-state index in [1.54, 1.807) is 7.11 Å². The molecule has 20 heavy (non-hydrogen) atoms. The van der Waals surface area contributed by atoms with Crippen LogP contribution in [-0.2, 0) is 4.74 Å². The normalized spacial score (nSPS) is 21.9. The summed E-state index contributed by atoms with van der Waals surface area (Å²) in [5.74, 6) is 1.34. The highest BCUT2D eigenvalue weighted by molar-refractivity contribution is 5.37. The first-order chi connectivity index (χ1) is 9.63. The van der Waals surface area contributed by atoms with Gasteiger partial charge in [-0.25, -0.2) is 0 Å². The van der Waals surface area contributed by atoms with Crippen LogP contribution in [0.4, 0.5) is 0 Å². The summed E-state index contributed by atoms with van der Waals surface area (Å²) in [6.07, 6.45) is -0.504. The fraction of sp³-hybridized carbons (Fsp3) is 0.625. The van der Waals surface area contributed by atoms with Crippen LogP contribution in [0.5, 0.6) is 5.75 Å². The highest BCUT2D eigenvalue weighted by atomic mass is 16.5. The Morgan fingerprint density at radius 2 is 2.15 bits per heavy atom. The SMILES string of the molecule is COCCN(CC(C)C)C1COc2ccccc2C1O. The third-order valence-electron chi connectivity index (χ3n) is 3.66. The van der Waals surface area contributed by atoms with Crippen molar-refractivity contribution >= 4 is 0 Å². The lowest BCUT2D eigenvalue weighted by Crippen LogP contribution is -2.48. The van der Waals surface area contributed by atoms with Crippen molar-refractivity contribution in [3.8, 4) is 5.75 Å². The third kappa shape index (κ3) is 3.51. The number of rotatable bonds is 6. The molecule has 0 bridgehead atoms. The van der Waals surface area contributed by atoms with Crippen molar-refractivity contribution in [3.05, 3.63) is 29.8 Å². The Balaban J connectivity index is 2.13. The second-order valence-corrected chi connectivity index (χ2v) is 5.74. The Hall–Kier alpha value is -1.10. The monoisotopic (exact) mass is 279 g/mol. The molecule has 2 rings (SSSR count). The molecular weight excluding hydrogens is 254 g/mol. The minimum atomic E-state index is -0.504. The average Bonchev–Trinajstić information content (AvgIpc) is 2.44. The van der Waals surface area contributed by atoms with E-state index in [-0.39, 0.29) is 6.04 Å². The van der Waals surface area contributed by atoms with Crippen LogP contribution in [0.1, 0.15) is 25.5 Å². The van der Waals surface area contributed by atoms with E-state index in [1.165, 1.54) is 0 Å². The van der Waals surface area contributed by atoms with Crippen molar-refractivity contribution in [3.63, 3.8) is 0 Å². The van der Waals surface area contributed by atoms with Crippen molar-refractivity contribution in [2.24, 2.45) is 5.92 Å². The number of nitrogens with zero attached hydrogens (tertiary/aromatic N) is 1. The molecule has 1 aliphatic heterocycles. The topological polar surface area (TPSA) is 41.9 Å². The number of methoxy groups -OCH3 is 1. The summed E-state index contributed by atoms with van der Waals surface area (Å²) in [6.45, 7) is 7.29.